The fraction of sp³-hybridized carbons (Fsp3) is 0.316. The third-order valence-electron chi connectivity index (χ3n) is 4.17. The first-order chi connectivity index (χ1) is 12.9. The summed E-state index contributed by atoms with van der Waals surface area (Å²) in [5.74, 6) is 0.670. The van der Waals surface area contributed by atoms with Crippen LogP contribution in [0.2, 0.25) is 0 Å². The van der Waals surface area contributed by atoms with Crippen LogP contribution in [0.3, 0.4) is 0 Å². The lowest BCUT2D eigenvalue weighted by Crippen LogP contribution is -2.26. The number of carbonyl (C=O) groups is 1. The Balaban J connectivity index is 1.71. The van der Waals surface area contributed by atoms with Gasteiger partial charge in [-0.15, -0.1) is 0 Å². The van der Waals surface area contributed by atoms with Crippen molar-refractivity contribution in [2.45, 2.75) is 30.2 Å². The number of methoxy groups -OCH3 is 2. The fourth-order valence-electron chi connectivity index (χ4n) is 2.59. The van der Waals surface area contributed by atoms with Crippen molar-refractivity contribution in [2.75, 3.05) is 18.9 Å². The van der Waals surface area contributed by atoms with E-state index in [4.69, 9.17) is 9.47 Å². The molecule has 1 aliphatic carbocycles. The zero-order chi connectivity index (χ0) is 19.4. The standard InChI is InChI=1S/C19H22N2O5S/c1-25-16-9-10-18(17(12-16)26-2)27(23,24)21-15-5-3-13(4-6-15)11-19(22)20-14-7-8-14/h3-6,9-10,12,14,21H,7-8,11H2,1-2H3,(H,20,22). The monoisotopic (exact) mass is 390 g/mol. The zero-order valence-corrected chi connectivity index (χ0v) is 16.0. The minimum Gasteiger partial charge on any atom is -0.497 e. The molecule has 2 aromatic carbocycles. The highest BCUT2D eigenvalue weighted by atomic mass is 32.2. The van der Waals surface area contributed by atoms with Crippen molar-refractivity contribution in [3.05, 3.63) is 48.0 Å². The van der Waals surface area contributed by atoms with Crippen molar-refractivity contribution < 1.29 is 22.7 Å². The van der Waals surface area contributed by atoms with Gasteiger partial charge in [0.15, 0.2) is 0 Å². The quantitative estimate of drug-likeness (QED) is 0.722. The van der Waals surface area contributed by atoms with Gasteiger partial charge in [-0.1, -0.05) is 12.1 Å². The molecule has 8 heteroatoms. The second-order valence-corrected chi connectivity index (χ2v) is 7.99. The molecule has 0 saturated heterocycles. The van der Waals surface area contributed by atoms with Crippen LogP contribution in [0.5, 0.6) is 11.5 Å². The van der Waals surface area contributed by atoms with Gasteiger partial charge in [0.05, 0.1) is 20.6 Å². The smallest absolute Gasteiger partial charge is 0.265 e. The van der Waals surface area contributed by atoms with Gasteiger partial charge >= 0.3 is 0 Å². The van der Waals surface area contributed by atoms with Crippen LogP contribution in [0, 0.1) is 0 Å². The van der Waals surface area contributed by atoms with Crippen LogP contribution in [-0.2, 0) is 21.2 Å². The van der Waals surface area contributed by atoms with E-state index in [1.165, 1.54) is 26.4 Å². The molecule has 0 aliphatic heterocycles. The average Bonchev–Trinajstić information content (AvgIpc) is 3.46. The summed E-state index contributed by atoms with van der Waals surface area (Å²) >= 11 is 0. The van der Waals surface area contributed by atoms with Gasteiger partial charge in [-0.25, -0.2) is 8.42 Å². The summed E-state index contributed by atoms with van der Waals surface area (Å²) in [5.41, 5.74) is 1.22. The van der Waals surface area contributed by atoms with E-state index in [2.05, 4.69) is 10.0 Å². The molecule has 1 aliphatic rings. The molecule has 0 aromatic heterocycles. The number of anilines is 1. The molecule has 1 fully saturated rings. The highest BCUT2D eigenvalue weighted by molar-refractivity contribution is 7.92. The predicted molar refractivity (Wildman–Crippen MR) is 102 cm³/mol. The van der Waals surface area contributed by atoms with Gasteiger partial charge in [0.1, 0.15) is 16.4 Å². The van der Waals surface area contributed by atoms with Crippen LogP contribution >= 0.6 is 0 Å². The molecule has 1 saturated carbocycles. The van der Waals surface area contributed by atoms with Gasteiger partial charge in [-0.2, -0.15) is 0 Å². The molecule has 27 heavy (non-hydrogen) atoms. The van der Waals surface area contributed by atoms with Crippen LogP contribution < -0.4 is 19.5 Å². The predicted octanol–water partition coefficient (Wildman–Crippen LogP) is 2.33. The number of carbonyl (C=O) groups excluding carboxylic acids is 1. The molecule has 144 valence electrons. The number of ether oxygens (including phenoxy) is 2. The van der Waals surface area contributed by atoms with E-state index >= 15 is 0 Å². The van der Waals surface area contributed by atoms with Crippen LogP contribution in [0.15, 0.2) is 47.4 Å². The number of amides is 1. The Morgan fingerprint density at radius 1 is 1.07 bits per heavy atom. The molecule has 1 amide bonds. The van der Waals surface area contributed by atoms with Gasteiger partial charge in [-0.05, 0) is 42.7 Å². The highest BCUT2D eigenvalue weighted by Gasteiger charge is 2.23. The van der Waals surface area contributed by atoms with Crippen LogP contribution in [0.4, 0.5) is 5.69 Å². The highest BCUT2D eigenvalue weighted by Crippen LogP contribution is 2.29. The van der Waals surface area contributed by atoms with Crippen LogP contribution in [0.25, 0.3) is 0 Å². The fourth-order valence-corrected chi connectivity index (χ4v) is 3.80. The Kier molecular flexibility index (Phi) is 5.55. The maximum atomic E-state index is 12.7. The lowest BCUT2D eigenvalue weighted by Gasteiger charge is -2.13. The topological polar surface area (TPSA) is 93.7 Å². The molecule has 0 heterocycles. The summed E-state index contributed by atoms with van der Waals surface area (Å²) in [5, 5.41) is 2.92. The van der Waals surface area contributed by atoms with E-state index in [-0.39, 0.29) is 23.0 Å². The molecule has 0 unspecified atom stereocenters. The summed E-state index contributed by atoms with van der Waals surface area (Å²) in [6.07, 6.45) is 2.36. The Morgan fingerprint density at radius 2 is 1.78 bits per heavy atom. The van der Waals surface area contributed by atoms with E-state index < -0.39 is 10.0 Å². The third kappa shape index (κ3) is 4.91. The number of hydrogen-bond donors (Lipinski definition) is 2. The van der Waals surface area contributed by atoms with Crippen LogP contribution in [-0.4, -0.2) is 34.6 Å². The minimum atomic E-state index is -3.83. The molecule has 3 rings (SSSR count). The van der Waals surface area contributed by atoms with Crippen LogP contribution in [0.1, 0.15) is 18.4 Å². The first-order valence-corrected chi connectivity index (χ1v) is 10.0. The van der Waals surface area contributed by atoms with Gasteiger partial charge in [-0.3, -0.25) is 9.52 Å². The molecule has 7 nitrogen and oxygen atoms in total. The lowest BCUT2D eigenvalue weighted by atomic mass is 10.1. The first kappa shape index (κ1) is 19.0. The van der Waals surface area contributed by atoms with Gasteiger partial charge in [0.2, 0.25) is 5.91 Å². The summed E-state index contributed by atoms with van der Waals surface area (Å²) in [4.78, 5) is 11.9. The first-order valence-electron chi connectivity index (χ1n) is 8.54. The number of rotatable bonds is 8. The molecule has 2 N–H and O–H groups in total. The molecular formula is C19H22N2O5S. The number of hydrogen-bond acceptors (Lipinski definition) is 5. The summed E-state index contributed by atoms with van der Waals surface area (Å²) in [7, 11) is -0.943. The summed E-state index contributed by atoms with van der Waals surface area (Å²) < 4.78 is 38.1. The van der Waals surface area contributed by atoms with E-state index in [0.29, 0.717) is 17.5 Å². The Bertz CT molecular complexity index is 922. The normalized spacial score (nSPS) is 13.7. The number of benzene rings is 2. The Labute approximate surface area is 158 Å². The van der Waals surface area contributed by atoms with Gasteiger partial charge < -0.3 is 14.8 Å². The third-order valence-corrected chi connectivity index (χ3v) is 5.59. The van der Waals surface area contributed by atoms with E-state index in [0.717, 1.165) is 18.4 Å². The zero-order valence-electron chi connectivity index (χ0n) is 15.2. The second kappa shape index (κ2) is 7.87. The second-order valence-electron chi connectivity index (χ2n) is 6.34. The van der Waals surface area contributed by atoms with E-state index in [9.17, 15) is 13.2 Å². The van der Waals surface area contributed by atoms with E-state index in [1.807, 2.05) is 0 Å². The van der Waals surface area contributed by atoms with Crippen molar-refractivity contribution in [3.63, 3.8) is 0 Å². The SMILES string of the molecule is COc1ccc(S(=O)(=O)Nc2ccc(CC(=O)NC3CC3)cc2)c(OC)c1. The van der Waals surface area contributed by atoms with Crippen molar-refractivity contribution >= 4 is 21.6 Å². The van der Waals surface area contributed by atoms with Crippen molar-refractivity contribution in [1.82, 2.24) is 5.32 Å². The Hall–Kier alpha value is -2.74. The summed E-state index contributed by atoms with van der Waals surface area (Å²) in [6, 6.07) is 11.5. The molecule has 0 bridgehead atoms. The molecule has 0 spiro atoms. The van der Waals surface area contributed by atoms with Gasteiger partial charge in [0, 0.05) is 17.8 Å². The van der Waals surface area contributed by atoms with Gasteiger partial charge in [0.25, 0.3) is 10.0 Å². The van der Waals surface area contributed by atoms with Crippen molar-refractivity contribution in [1.29, 1.82) is 0 Å². The average molecular weight is 390 g/mol. The molecule has 2 aromatic rings. The molecular weight excluding hydrogens is 368 g/mol. The lowest BCUT2D eigenvalue weighted by molar-refractivity contribution is -0.120. The summed E-state index contributed by atoms with van der Waals surface area (Å²) in [6.45, 7) is 0. The Morgan fingerprint density at radius 3 is 2.37 bits per heavy atom. The van der Waals surface area contributed by atoms with Crippen molar-refractivity contribution in [2.24, 2.45) is 0 Å². The van der Waals surface area contributed by atoms with Crippen molar-refractivity contribution in [3.8, 4) is 11.5 Å². The van der Waals surface area contributed by atoms with E-state index in [1.54, 1.807) is 30.3 Å². The molecule has 0 atom stereocenters. The maximum Gasteiger partial charge on any atom is 0.265 e. The minimum absolute atomic E-state index is 0.0127. The largest absolute Gasteiger partial charge is 0.497 e. The maximum absolute atomic E-state index is 12.7. The number of sulfonamides is 1. The number of nitrogens with one attached hydrogen (secondary N) is 2. The molecule has 0 radical (unpaired) electrons.